The van der Waals surface area contributed by atoms with E-state index in [-0.39, 0.29) is 0 Å². The Labute approximate surface area is 103 Å². The Hall–Kier alpha value is -2.00. The lowest BCUT2D eigenvalue weighted by molar-refractivity contribution is 1.12. The molecular weight excluding hydrogens is 234 g/mol. The van der Waals surface area contributed by atoms with Gasteiger partial charge in [-0.25, -0.2) is 0 Å². The predicted molar refractivity (Wildman–Crippen MR) is 71.0 cm³/mol. The second-order valence-corrected chi connectivity index (χ2v) is 4.29. The number of nitrogen functional groups attached to an aromatic ring is 1. The molecule has 0 bridgehead atoms. The number of H-pyrrole nitrogens is 1. The van der Waals surface area contributed by atoms with Gasteiger partial charge in [0.15, 0.2) is 0 Å². The van der Waals surface area contributed by atoms with Crippen LogP contribution in [0.25, 0.3) is 22.0 Å². The number of halogens is 1. The number of nitrogens with zero attached hydrogens (tertiary/aromatic N) is 1. The van der Waals surface area contributed by atoms with E-state index in [1.165, 1.54) is 0 Å². The van der Waals surface area contributed by atoms with Crippen LogP contribution >= 0.6 is 11.6 Å². The number of anilines is 1. The molecule has 4 heteroatoms. The molecule has 0 unspecified atom stereocenters. The maximum atomic E-state index is 6.21. The van der Waals surface area contributed by atoms with Crippen LogP contribution in [0.15, 0.2) is 42.6 Å². The summed E-state index contributed by atoms with van der Waals surface area (Å²) in [5.41, 5.74) is 9.45. The standard InChI is InChI=1S/C13H10ClN3/c14-12-4-2-1-3-9(12)10-5-8(15)6-13-11(10)7-16-17-13/h1-7H,15H2,(H,16,17). The van der Waals surface area contributed by atoms with Gasteiger partial charge >= 0.3 is 0 Å². The molecule has 3 rings (SSSR count). The second kappa shape index (κ2) is 3.79. The number of aromatic nitrogens is 2. The Morgan fingerprint density at radius 3 is 2.76 bits per heavy atom. The zero-order valence-corrected chi connectivity index (χ0v) is 9.70. The molecule has 0 saturated heterocycles. The summed E-state index contributed by atoms with van der Waals surface area (Å²) in [5, 5.41) is 8.68. The molecule has 0 saturated carbocycles. The van der Waals surface area contributed by atoms with Crippen molar-refractivity contribution in [2.24, 2.45) is 0 Å². The lowest BCUT2D eigenvalue weighted by atomic mass is 10.0. The van der Waals surface area contributed by atoms with E-state index >= 15 is 0 Å². The van der Waals surface area contributed by atoms with E-state index in [2.05, 4.69) is 10.2 Å². The van der Waals surface area contributed by atoms with Gasteiger partial charge in [-0.05, 0) is 23.8 Å². The Morgan fingerprint density at radius 1 is 1.12 bits per heavy atom. The quantitative estimate of drug-likeness (QED) is 0.643. The van der Waals surface area contributed by atoms with Crippen LogP contribution in [0.4, 0.5) is 5.69 Å². The minimum Gasteiger partial charge on any atom is -0.399 e. The first-order chi connectivity index (χ1) is 8.25. The Morgan fingerprint density at radius 2 is 1.94 bits per heavy atom. The molecular formula is C13H10ClN3. The predicted octanol–water partition coefficient (Wildman–Crippen LogP) is 3.47. The molecule has 0 fully saturated rings. The molecule has 0 aliphatic rings. The third-order valence-corrected chi connectivity index (χ3v) is 3.07. The first-order valence-corrected chi connectivity index (χ1v) is 5.61. The van der Waals surface area contributed by atoms with E-state index < -0.39 is 0 Å². The molecule has 3 aromatic rings. The molecule has 2 aromatic carbocycles. The van der Waals surface area contributed by atoms with Crippen molar-refractivity contribution in [1.82, 2.24) is 10.2 Å². The van der Waals surface area contributed by atoms with Gasteiger partial charge in [0, 0.05) is 21.7 Å². The molecule has 0 aliphatic heterocycles. The Kier molecular flexibility index (Phi) is 2.27. The number of aromatic amines is 1. The molecule has 0 spiro atoms. The molecule has 1 heterocycles. The molecule has 0 radical (unpaired) electrons. The van der Waals surface area contributed by atoms with Crippen LogP contribution in [0.1, 0.15) is 0 Å². The Balaban J connectivity index is 2.37. The topological polar surface area (TPSA) is 54.7 Å². The molecule has 0 amide bonds. The number of fused-ring (bicyclic) bond motifs is 1. The smallest absolute Gasteiger partial charge is 0.0677 e. The summed E-state index contributed by atoms with van der Waals surface area (Å²) in [6.45, 7) is 0. The van der Waals surface area contributed by atoms with Gasteiger partial charge in [-0.3, -0.25) is 5.10 Å². The van der Waals surface area contributed by atoms with Crippen LogP contribution in [0, 0.1) is 0 Å². The normalized spacial score (nSPS) is 10.9. The highest BCUT2D eigenvalue weighted by molar-refractivity contribution is 6.33. The molecule has 0 atom stereocenters. The number of hydrogen-bond acceptors (Lipinski definition) is 2. The van der Waals surface area contributed by atoms with Gasteiger partial charge in [-0.15, -0.1) is 0 Å². The summed E-state index contributed by atoms with van der Waals surface area (Å²) in [6, 6.07) is 11.5. The lowest BCUT2D eigenvalue weighted by Crippen LogP contribution is -1.87. The Bertz CT molecular complexity index is 688. The van der Waals surface area contributed by atoms with E-state index in [1.54, 1.807) is 6.20 Å². The first-order valence-electron chi connectivity index (χ1n) is 5.23. The minimum atomic E-state index is 0.691. The summed E-state index contributed by atoms with van der Waals surface area (Å²) in [7, 11) is 0. The molecule has 0 aliphatic carbocycles. The fourth-order valence-corrected chi connectivity index (χ4v) is 2.21. The highest BCUT2D eigenvalue weighted by Crippen LogP contribution is 2.34. The van der Waals surface area contributed by atoms with E-state index in [1.807, 2.05) is 36.4 Å². The van der Waals surface area contributed by atoms with Crippen molar-refractivity contribution in [2.45, 2.75) is 0 Å². The van der Waals surface area contributed by atoms with Gasteiger partial charge < -0.3 is 5.73 Å². The van der Waals surface area contributed by atoms with E-state index in [9.17, 15) is 0 Å². The van der Waals surface area contributed by atoms with Crippen molar-refractivity contribution in [3.8, 4) is 11.1 Å². The summed E-state index contributed by atoms with van der Waals surface area (Å²) in [5.74, 6) is 0. The fourth-order valence-electron chi connectivity index (χ4n) is 1.98. The molecule has 3 nitrogen and oxygen atoms in total. The van der Waals surface area contributed by atoms with Crippen molar-refractivity contribution < 1.29 is 0 Å². The van der Waals surface area contributed by atoms with Crippen molar-refractivity contribution in [3.63, 3.8) is 0 Å². The summed E-state index contributed by atoms with van der Waals surface area (Å²) < 4.78 is 0. The molecule has 84 valence electrons. The van der Waals surface area contributed by atoms with Crippen molar-refractivity contribution in [2.75, 3.05) is 5.73 Å². The average molecular weight is 244 g/mol. The largest absolute Gasteiger partial charge is 0.399 e. The van der Waals surface area contributed by atoms with Gasteiger partial charge in [-0.1, -0.05) is 29.8 Å². The van der Waals surface area contributed by atoms with Gasteiger partial charge in [0.05, 0.1) is 11.7 Å². The van der Waals surface area contributed by atoms with Crippen molar-refractivity contribution in [1.29, 1.82) is 0 Å². The second-order valence-electron chi connectivity index (χ2n) is 3.88. The van der Waals surface area contributed by atoms with Crippen LogP contribution in [-0.2, 0) is 0 Å². The van der Waals surface area contributed by atoms with Gasteiger partial charge in [-0.2, -0.15) is 5.10 Å². The maximum absolute atomic E-state index is 6.21. The zero-order chi connectivity index (χ0) is 11.8. The van der Waals surface area contributed by atoms with Crippen LogP contribution in [0.3, 0.4) is 0 Å². The maximum Gasteiger partial charge on any atom is 0.0677 e. The number of nitrogens with two attached hydrogens (primary N) is 1. The number of rotatable bonds is 1. The highest BCUT2D eigenvalue weighted by atomic mass is 35.5. The van der Waals surface area contributed by atoms with Gasteiger partial charge in [0.25, 0.3) is 0 Å². The minimum absolute atomic E-state index is 0.691. The summed E-state index contributed by atoms with van der Waals surface area (Å²) >= 11 is 6.21. The zero-order valence-electron chi connectivity index (χ0n) is 8.94. The summed E-state index contributed by atoms with van der Waals surface area (Å²) in [6.07, 6.45) is 1.79. The monoisotopic (exact) mass is 243 g/mol. The van der Waals surface area contributed by atoms with Crippen LogP contribution in [-0.4, -0.2) is 10.2 Å². The van der Waals surface area contributed by atoms with Crippen molar-refractivity contribution >= 4 is 28.2 Å². The SMILES string of the molecule is Nc1cc(-c2ccccc2Cl)c2cn[nH]c2c1. The van der Waals surface area contributed by atoms with Gasteiger partial charge in [0.2, 0.25) is 0 Å². The number of nitrogens with one attached hydrogen (secondary N) is 1. The molecule has 3 N–H and O–H groups in total. The van der Waals surface area contributed by atoms with Gasteiger partial charge in [0.1, 0.15) is 0 Å². The summed E-state index contributed by atoms with van der Waals surface area (Å²) in [4.78, 5) is 0. The number of benzene rings is 2. The first kappa shape index (κ1) is 10.2. The molecule has 17 heavy (non-hydrogen) atoms. The average Bonchev–Trinajstić information content (AvgIpc) is 2.76. The van der Waals surface area contributed by atoms with Crippen molar-refractivity contribution in [3.05, 3.63) is 47.6 Å². The van der Waals surface area contributed by atoms with Crippen LogP contribution in [0.2, 0.25) is 5.02 Å². The highest BCUT2D eigenvalue weighted by Gasteiger charge is 2.09. The lowest BCUT2D eigenvalue weighted by Gasteiger charge is -2.06. The van der Waals surface area contributed by atoms with Crippen LogP contribution < -0.4 is 5.73 Å². The van der Waals surface area contributed by atoms with E-state index in [4.69, 9.17) is 17.3 Å². The third-order valence-electron chi connectivity index (χ3n) is 2.75. The van der Waals surface area contributed by atoms with Crippen LogP contribution in [0.5, 0.6) is 0 Å². The molecule has 1 aromatic heterocycles. The fraction of sp³-hybridized carbons (Fsp3) is 0. The van der Waals surface area contributed by atoms with E-state index in [0.717, 1.165) is 22.0 Å². The van der Waals surface area contributed by atoms with E-state index in [0.29, 0.717) is 10.7 Å². The third kappa shape index (κ3) is 1.65. The number of hydrogen-bond donors (Lipinski definition) is 2.